The molecule has 0 radical (unpaired) electrons. The number of rotatable bonds is 12. The van der Waals surface area contributed by atoms with E-state index in [1.165, 1.54) is 0 Å². The predicted octanol–water partition coefficient (Wildman–Crippen LogP) is 4.79. The highest BCUT2D eigenvalue weighted by Crippen LogP contribution is 2.28. The number of nitrogens with one attached hydrogen (secondary N) is 1. The molecular formula is C28H37N3O4. The first-order chi connectivity index (χ1) is 16.9. The largest absolute Gasteiger partial charge is 0.493 e. The number of methoxy groups -OCH3 is 2. The van der Waals surface area contributed by atoms with E-state index in [0.29, 0.717) is 37.4 Å². The van der Waals surface area contributed by atoms with Crippen molar-refractivity contribution in [3.05, 3.63) is 59.8 Å². The molecule has 2 aromatic carbocycles. The highest BCUT2D eigenvalue weighted by atomic mass is 16.5. The molecule has 0 bridgehead atoms. The molecule has 2 amide bonds. The molecule has 188 valence electrons. The van der Waals surface area contributed by atoms with Gasteiger partial charge in [0, 0.05) is 42.7 Å². The van der Waals surface area contributed by atoms with Crippen LogP contribution in [-0.4, -0.2) is 59.9 Å². The van der Waals surface area contributed by atoms with Crippen LogP contribution in [-0.2, 0) is 22.6 Å². The van der Waals surface area contributed by atoms with Crippen molar-refractivity contribution in [3.8, 4) is 11.5 Å². The van der Waals surface area contributed by atoms with Crippen LogP contribution in [0.25, 0.3) is 10.9 Å². The van der Waals surface area contributed by atoms with Gasteiger partial charge in [0.2, 0.25) is 11.8 Å². The minimum Gasteiger partial charge on any atom is -0.493 e. The number of aromatic amines is 1. The summed E-state index contributed by atoms with van der Waals surface area (Å²) in [5, 5.41) is 1.16. The van der Waals surface area contributed by atoms with E-state index in [2.05, 4.69) is 11.1 Å². The van der Waals surface area contributed by atoms with Gasteiger partial charge in [0.05, 0.1) is 20.8 Å². The smallest absolute Gasteiger partial charge is 0.242 e. The van der Waals surface area contributed by atoms with Crippen molar-refractivity contribution in [2.24, 2.45) is 0 Å². The number of nitrogens with zero attached hydrogens (tertiary/aromatic N) is 2. The first-order valence-corrected chi connectivity index (χ1v) is 12.2. The van der Waals surface area contributed by atoms with E-state index in [0.717, 1.165) is 28.5 Å². The average molecular weight is 480 g/mol. The number of amides is 2. The number of ether oxygens (including phenoxy) is 2. The van der Waals surface area contributed by atoms with Crippen molar-refractivity contribution in [3.63, 3.8) is 0 Å². The molecule has 0 aliphatic rings. The summed E-state index contributed by atoms with van der Waals surface area (Å²) in [4.78, 5) is 33.0. The van der Waals surface area contributed by atoms with Gasteiger partial charge in [-0.2, -0.15) is 0 Å². The van der Waals surface area contributed by atoms with Gasteiger partial charge in [-0.1, -0.05) is 31.2 Å². The van der Waals surface area contributed by atoms with Crippen LogP contribution in [0.2, 0.25) is 0 Å². The van der Waals surface area contributed by atoms with Crippen molar-refractivity contribution in [1.82, 2.24) is 14.8 Å². The Balaban J connectivity index is 1.83. The van der Waals surface area contributed by atoms with E-state index < -0.39 is 0 Å². The Morgan fingerprint density at radius 3 is 2.43 bits per heavy atom. The Morgan fingerprint density at radius 1 is 1.00 bits per heavy atom. The summed E-state index contributed by atoms with van der Waals surface area (Å²) >= 11 is 0. The van der Waals surface area contributed by atoms with E-state index in [1.807, 2.05) is 68.3 Å². The summed E-state index contributed by atoms with van der Waals surface area (Å²) in [6.45, 7) is 6.88. The average Bonchev–Trinajstić information content (AvgIpc) is 3.27. The van der Waals surface area contributed by atoms with Gasteiger partial charge in [0.15, 0.2) is 11.5 Å². The van der Waals surface area contributed by atoms with E-state index >= 15 is 0 Å². The minimum atomic E-state index is -0.0715. The number of aromatic nitrogens is 1. The predicted molar refractivity (Wildman–Crippen MR) is 139 cm³/mol. The Labute approximate surface area is 208 Å². The summed E-state index contributed by atoms with van der Waals surface area (Å²) in [5.41, 5.74) is 3.18. The topological polar surface area (TPSA) is 74.9 Å². The van der Waals surface area contributed by atoms with Gasteiger partial charge in [0.1, 0.15) is 0 Å². The molecule has 0 atom stereocenters. The van der Waals surface area contributed by atoms with Crippen molar-refractivity contribution in [1.29, 1.82) is 0 Å². The van der Waals surface area contributed by atoms with Gasteiger partial charge in [-0.15, -0.1) is 0 Å². The molecule has 0 aliphatic carbocycles. The molecule has 7 nitrogen and oxygen atoms in total. The molecule has 1 aromatic heterocycles. The monoisotopic (exact) mass is 479 g/mol. The number of benzene rings is 2. The van der Waals surface area contributed by atoms with Crippen LogP contribution >= 0.6 is 0 Å². The molecule has 0 unspecified atom stereocenters. The van der Waals surface area contributed by atoms with Gasteiger partial charge >= 0.3 is 0 Å². The Kier molecular flexibility index (Phi) is 9.18. The first-order valence-electron chi connectivity index (χ1n) is 12.2. The maximum Gasteiger partial charge on any atom is 0.242 e. The molecule has 3 aromatic rings. The minimum absolute atomic E-state index is 0.0125. The highest BCUT2D eigenvalue weighted by molar-refractivity contribution is 5.85. The summed E-state index contributed by atoms with van der Waals surface area (Å²) in [5.74, 6) is 1.20. The third-order valence-electron chi connectivity index (χ3n) is 6.21. The highest BCUT2D eigenvalue weighted by Gasteiger charge is 2.23. The lowest BCUT2D eigenvalue weighted by atomic mass is 10.1. The maximum absolute atomic E-state index is 13.5. The van der Waals surface area contributed by atoms with Crippen molar-refractivity contribution >= 4 is 22.7 Å². The second kappa shape index (κ2) is 12.3. The zero-order chi connectivity index (χ0) is 25.4. The molecule has 1 heterocycles. The fraction of sp³-hybridized carbons (Fsp3) is 0.429. The maximum atomic E-state index is 13.5. The van der Waals surface area contributed by atoms with Crippen LogP contribution in [0.4, 0.5) is 0 Å². The molecule has 3 rings (SSSR count). The molecule has 35 heavy (non-hydrogen) atoms. The lowest BCUT2D eigenvalue weighted by Gasteiger charge is -2.30. The number of carbonyl (C=O) groups excluding carboxylic acids is 2. The third-order valence-corrected chi connectivity index (χ3v) is 6.21. The van der Waals surface area contributed by atoms with Crippen molar-refractivity contribution < 1.29 is 19.1 Å². The lowest BCUT2D eigenvalue weighted by molar-refractivity contribution is -0.142. The van der Waals surface area contributed by atoms with E-state index in [-0.39, 0.29) is 24.4 Å². The van der Waals surface area contributed by atoms with Crippen LogP contribution in [0.3, 0.4) is 0 Å². The lowest BCUT2D eigenvalue weighted by Crippen LogP contribution is -2.46. The molecule has 1 N–H and O–H groups in total. The SMILES string of the molecule is CCCC(=O)N(CC(=O)N(CCc1c[nH]c2ccccc12)Cc1ccc(OC)c(OC)c1)C(C)C. The van der Waals surface area contributed by atoms with Gasteiger partial charge < -0.3 is 24.3 Å². The third kappa shape index (κ3) is 6.56. The number of fused-ring (bicyclic) bond motifs is 1. The summed E-state index contributed by atoms with van der Waals surface area (Å²) in [6, 6.07) is 13.8. The number of para-hydroxylation sites is 1. The fourth-order valence-corrected chi connectivity index (χ4v) is 4.25. The molecule has 7 heteroatoms. The van der Waals surface area contributed by atoms with Crippen LogP contribution < -0.4 is 9.47 Å². The second-order valence-electron chi connectivity index (χ2n) is 8.98. The molecule has 0 spiro atoms. The Bertz CT molecular complexity index is 1140. The van der Waals surface area contributed by atoms with Crippen LogP contribution in [0, 0.1) is 0 Å². The van der Waals surface area contributed by atoms with E-state index in [1.54, 1.807) is 19.1 Å². The zero-order valence-electron chi connectivity index (χ0n) is 21.5. The number of hydrogen-bond acceptors (Lipinski definition) is 4. The van der Waals surface area contributed by atoms with Crippen molar-refractivity contribution in [2.45, 2.75) is 52.6 Å². The summed E-state index contributed by atoms with van der Waals surface area (Å²) < 4.78 is 10.8. The van der Waals surface area contributed by atoms with Gasteiger partial charge in [-0.25, -0.2) is 0 Å². The number of H-pyrrole nitrogens is 1. The van der Waals surface area contributed by atoms with Gasteiger partial charge in [-0.05, 0) is 56.0 Å². The Hall–Kier alpha value is -3.48. The normalized spacial score (nSPS) is 11.0. The van der Waals surface area contributed by atoms with Crippen LogP contribution in [0.15, 0.2) is 48.7 Å². The summed E-state index contributed by atoms with van der Waals surface area (Å²) in [6.07, 6.45) is 3.91. The Morgan fingerprint density at radius 2 is 1.74 bits per heavy atom. The summed E-state index contributed by atoms with van der Waals surface area (Å²) in [7, 11) is 3.20. The zero-order valence-corrected chi connectivity index (χ0v) is 21.5. The van der Waals surface area contributed by atoms with Crippen LogP contribution in [0.1, 0.15) is 44.7 Å². The molecular weight excluding hydrogens is 442 g/mol. The van der Waals surface area contributed by atoms with Crippen LogP contribution in [0.5, 0.6) is 11.5 Å². The van der Waals surface area contributed by atoms with E-state index in [4.69, 9.17) is 9.47 Å². The molecule has 0 aliphatic heterocycles. The van der Waals surface area contributed by atoms with Crippen molar-refractivity contribution in [2.75, 3.05) is 27.3 Å². The van der Waals surface area contributed by atoms with E-state index in [9.17, 15) is 9.59 Å². The number of hydrogen-bond donors (Lipinski definition) is 1. The van der Waals surface area contributed by atoms with Gasteiger partial charge in [-0.3, -0.25) is 9.59 Å². The molecule has 0 saturated heterocycles. The van der Waals surface area contributed by atoms with Gasteiger partial charge in [0.25, 0.3) is 0 Å². The molecule has 0 saturated carbocycles. The first kappa shape index (κ1) is 26.1. The standard InChI is InChI=1S/C28H37N3O4/c1-6-9-27(32)31(20(2)3)19-28(33)30(18-21-12-13-25(34-4)26(16-21)35-5)15-14-22-17-29-24-11-8-7-10-23(22)24/h7-8,10-13,16-17,20,29H,6,9,14-15,18-19H2,1-5H3. The fourth-order valence-electron chi connectivity index (χ4n) is 4.25. The number of carbonyl (C=O) groups is 2. The molecule has 0 fully saturated rings. The quantitative estimate of drug-likeness (QED) is 0.405. The second-order valence-corrected chi connectivity index (χ2v) is 8.98.